The average Bonchev–Trinajstić information content (AvgIpc) is 2.77. The molecule has 0 aromatic heterocycles. The van der Waals surface area contributed by atoms with Gasteiger partial charge in [0.1, 0.15) is 0 Å². The lowest BCUT2D eigenvalue weighted by Gasteiger charge is -2.41. The molecule has 4 rings (SSSR count). The molecule has 30 heavy (non-hydrogen) atoms. The lowest BCUT2D eigenvalue weighted by atomic mass is 9.80. The molecule has 1 atom stereocenters. The minimum Gasteiger partial charge on any atom is -0.212 e. The Morgan fingerprint density at radius 3 is 2.07 bits per heavy atom. The topological polar surface area (TPSA) is 37.4 Å². The van der Waals surface area contributed by atoms with Crippen LogP contribution in [0.25, 0.3) is 0 Å². The van der Waals surface area contributed by atoms with Crippen molar-refractivity contribution in [3.05, 3.63) is 71.3 Å². The van der Waals surface area contributed by atoms with E-state index in [1.165, 1.54) is 56.1 Å². The maximum absolute atomic E-state index is 13.6. The molecule has 3 nitrogen and oxygen atoms in total. The van der Waals surface area contributed by atoms with Crippen molar-refractivity contribution in [3.8, 4) is 0 Å². The van der Waals surface area contributed by atoms with Gasteiger partial charge in [-0.25, -0.2) is 8.42 Å². The van der Waals surface area contributed by atoms with E-state index in [0.717, 1.165) is 24.8 Å². The van der Waals surface area contributed by atoms with E-state index >= 15 is 0 Å². The van der Waals surface area contributed by atoms with E-state index in [2.05, 4.69) is 24.3 Å². The fourth-order valence-electron chi connectivity index (χ4n) is 5.40. The molecule has 0 radical (unpaired) electrons. The van der Waals surface area contributed by atoms with E-state index in [4.69, 9.17) is 0 Å². The summed E-state index contributed by atoms with van der Waals surface area (Å²) in [5.74, 6) is 0.509. The number of fused-ring (bicyclic) bond motifs is 1. The third kappa shape index (κ3) is 5.15. The van der Waals surface area contributed by atoms with Crippen LogP contribution in [0.1, 0.15) is 80.5 Å². The van der Waals surface area contributed by atoms with Gasteiger partial charge in [0.15, 0.2) is 0 Å². The Bertz CT molecular complexity index is 900. The van der Waals surface area contributed by atoms with Crippen LogP contribution in [0.2, 0.25) is 0 Å². The highest BCUT2D eigenvalue weighted by molar-refractivity contribution is 7.88. The molecule has 1 fully saturated rings. The smallest absolute Gasteiger partial charge is 0.212 e. The third-order valence-corrected chi connectivity index (χ3v) is 8.75. The second-order valence-corrected chi connectivity index (χ2v) is 11.0. The van der Waals surface area contributed by atoms with E-state index in [1.54, 1.807) is 0 Å². The fraction of sp³-hybridized carbons (Fsp3) is 0.538. The van der Waals surface area contributed by atoms with Gasteiger partial charge < -0.3 is 0 Å². The van der Waals surface area contributed by atoms with Crippen molar-refractivity contribution in [2.45, 2.75) is 76.0 Å². The Balaban J connectivity index is 1.66. The van der Waals surface area contributed by atoms with Crippen molar-refractivity contribution in [2.24, 2.45) is 5.92 Å². The zero-order chi connectivity index (χ0) is 20.8. The summed E-state index contributed by atoms with van der Waals surface area (Å²) in [7, 11) is -3.38. The zero-order valence-corrected chi connectivity index (χ0v) is 18.8. The maximum Gasteiger partial charge on any atom is 0.218 e. The number of rotatable bonds is 4. The van der Waals surface area contributed by atoms with E-state index in [-0.39, 0.29) is 11.8 Å². The molecule has 2 aromatic carbocycles. The maximum atomic E-state index is 13.6. The van der Waals surface area contributed by atoms with Crippen molar-refractivity contribution >= 4 is 10.0 Å². The number of sulfonamides is 1. The van der Waals surface area contributed by atoms with Crippen LogP contribution in [0.3, 0.4) is 0 Å². The highest BCUT2D eigenvalue weighted by atomic mass is 32.2. The molecule has 2 aromatic rings. The van der Waals surface area contributed by atoms with Gasteiger partial charge in [0.2, 0.25) is 10.0 Å². The minimum atomic E-state index is -3.38. The Hall–Kier alpha value is -1.65. The summed E-state index contributed by atoms with van der Waals surface area (Å²) in [6, 6.07) is 18.2. The van der Waals surface area contributed by atoms with Crippen LogP contribution in [0.5, 0.6) is 0 Å². The predicted molar refractivity (Wildman–Crippen MR) is 124 cm³/mol. The number of nitrogens with zero attached hydrogens (tertiary/aromatic N) is 1. The van der Waals surface area contributed by atoms with Gasteiger partial charge in [-0.1, -0.05) is 99.5 Å². The first kappa shape index (κ1) is 21.6. The first-order valence-corrected chi connectivity index (χ1v) is 13.4. The molecule has 1 aliphatic heterocycles. The molecule has 1 heterocycles. The summed E-state index contributed by atoms with van der Waals surface area (Å²) in [5.41, 5.74) is 3.47. The van der Waals surface area contributed by atoms with Crippen LogP contribution < -0.4 is 0 Å². The standard InChI is InChI=1S/C26H35NO2S/c28-30(29,21-22-13-7-6-8-14-22)27-20-19-23-15-11-12-18-25(23)26(27)24-16-9-4-2-1-3-5-10-17-24/h6-8,11-15,18,24,26H,1-5,9-10,16-17,19-21H2/t26-/m1/s1. The predicted octanol–water partition coefficient (Wildman–Crippen LogP) is 6.26. The molecular formula is C26H35NO2S. The molecule has 4 heteroatoms. The normalized spacial score (nSPS) is 22.3. The number of benzene rings is 2. The summed E-state index contributed by atoms with van der Waals surface area (Å²) in [6.07, 6.45) is 12.1. The van der Waals surface area contributed by atoms with Gasteiger partial charge in [-0.15, -0.1) is 0 Å². The zero-order valence-electron chi connectivity index (χ0n) is 18.0. The van der Waals surface area contributed by atoms with E-state index in [9.17, 15) is 8.42 Å². The van der Waals surface area contributed by atoms with Gasteiger partial charge in [0.25, 0.3) is 0 Å². The summed E-state index contributed by atoms with van der Waals surface area (Å²) in [6.45, 7) is 0.605. The van der Waals surface area contributed by atoms with Gasteiger partial charge in [-0.3, -0.25) is 0 Å². The fourth-order valence-corrected chi connectivity index (χ4v) is 7.18. The van der Waals surface area contributed by atoms with Crippen LogP contribution in [-0.2, 0) is 22.2 Å². The van der Waals surface area contributed by atoms with Crippen molar-refractivity contribution in [2.75, 3.05) is 6.54 Å². The van der Waals surface area contributed by atoms with Gasteiger partial charge in [-0.05, 0) is 41.9 Å². The molecule has 0 spiro atoms. The largest absolute Gasteiger partial charge is 0.218 e. The molecule has 162 valence electrons. The Morgan fingerprint density at radius 2 is 1.37 bits per heavy atom. The molecule has 0 bridgehead atoms. The Labute approximate surface area is 182 Å². The van der Waals surface area contributed by atoms with Gasteiger partial charge in [-0.2, -0.15) is 4.31 Å². The summed E-state index contributed by atoms with van der Waals surface area (Å²) in [5, 5.41) is 0. The molecule has 2 aliphatic rings. The molecule has 1 saturated carbocycles. The van der Waals surface area contributed by atoms with Crippen molar-refractivity contribution < 1.29 is 8.42 Å². The monoisotopic (exact) mass is 425 g/mol. The molecule has 1 aliphatic carbocycles. The van der Waals surface area contributed by atoms with Crippen molar-refractivity contribution in [3.63, 3.8) is 0 Å². The summed E-state index contributed by atoms with van der Waals surface area (Å²) in [4.78, 5) is 0. The van der Waals surface area contributed by atoms with Crippen LogP contribution in [0.4, 0.5) is 0 Å². The average molecular weight is 426 g/mol. The Morgan fingerprint density at radius 1 is 0.767 bits per heavy atom. The van der Waals surface area contributed by atoms with Crippen LogP contribution in [-0.4, -0.2) is 19.3 Å². The highest BCUT2D eigenvalue weighted by Crippen LogP contribution is 2.42. The number of hydrogen-bond donors (Lipinski definition) is 0. The first-order valence-electron chi connectivity index (χ1n) is 11.8. The molecule has 0 amide bonds. The van der Waals surface area contributed by atoms with Crippen LogP contribution in [0.15, 0.2) is 54.6 Å². The molecule has 0 unspecified atom stereocenters. The highest BCUT2D eigenvalue weighted by Gasteiger charge is 2.39. The first-order chi connectivity index (χ1) is 14.6. The SMILES string of the molecule is O=S(=O)(Cc1ccccc1)N1CCc2ccccc2[C@H]1C1CCCCCCCCC1. The van der Waals surface area contributed by atoms with Crippen molar-refractivity contribution in [1.29, 1.82) is 0 Å². The van der Waals surface area contributed by atoms with Gasteiger partial charge >= 0.3 is 0 Å². The lowest BCUT2D eigenvalue weighted by Crippen LogP contribution is -2.43. The number of hydrogen-bond acceptors (Lipinski definition) is 2. The van der Waals surface area contributed by atoms with Gasteiger partial charge in [0, 0.05) is 6.54 Å². The van der Waals surface area contributed by atoms with Crippen molar-refractivity contribution in [1.82, 2.24) is 4.31 Å². The summed E-state index contributed by atoms with van der Waals surface area (Å²) >= 11 is 0. The lowest BCUT2D eigenvalue weighted by molar-refractivity contribution is 0.196. The molecular weight excluding hydrogens is 390 g/mol. The van der Waals surface area contributed by atoms with E-state index < -0.39 is 10.0 Å². The quantitative estimate of drug-likeness (QED) is 0.580. The molecule has 0 N–H and O–H groups in total. The third-order valence-electron chi connectivity index (χ3n) is 6.93. The second-order valence-electron chi connectivity index (χ2n) is 9.06. The molecule has 0 saturated heterocycles. The second kappa shape index (κ2) is 10.1. The summed E-state index contributed by atoms with van der Waals surface area (Å²) < 4.78 is 29.1. The Kier molecular flexibility index (Phi) is 7.27. The van der Waals surface area contributed by atoms with E-state index in [1.807, 2.05) is 34.6 Å². The van der Waals surface area contributed by atoms with Crippen LogP contribution in [0, 0.1) is 5.92 Å². The van der Waals surface area contributed by atoms with Crippen LogP contribution >= 0.6 is 0 Å². The minimum absolute atomic E-state index is 0.0110. The van der Waals surface area contributed by atoms with E-state index in [0.29, 0.717) is 12.5 Å². The van der Waals surface area contributed by atoms with Gasteiger partial charge in [0.05, 0.1) is 11.8 Å².